The smallest absolute Gasteiger partial charge is 0.0833 e. The lowest BCUT2D eigenvalue weighted by Gasteiger charge is -2.32. The van der Waals surface area contributed by atoms with Gasteiger partial charge in [0, 0.05) is 5.92 Å². The highest BCUT2D eigenvalue weighted by atomic mass is 16.5. The van der Waals surface area contributed by atoms with Gasteiger partial charge in [-0.1, -0.05) is 60.7 Å². The third kappa shape index (κ3) is 2.30. The number of hydrogen-bond acceptors (Lipinski definition) is 1. The molecule has 2 aliphatic rings. The first-order valence-corrected chi connectivity index (χ1v) is 8.15. The molecule has 2 aromatic carbocycles. The quantitative estimate of drug-likeness (QED) is 0.729. The van der Waals surface area contributed by atoms with E-state index in [0.717, 1.165) is 6.42 Å². The highest BCUT2D eigenvalue weighted by Gasteiger charge is 2.49. The van der Waals surface area contributed by atoms with E-state index >= 15 is 0 Å². The van der Waals surface area contributed by atoms with Gasteiger partial charge in [-0.2, -0.15) is 0 Å². The molecule has 0 bridgehead atoms. The maximum Gasteiger partial charge on any atom is 0.0833 e. The molecule has 0 amide bonds. The van der Waals surface area contributed by atoms with Gasteiger partial charge in [-0.25, -0.2) is 0 Å². The molecule has 2 aromatic rings. The van der Waals surface area contributed by atoms with Crippen LogP contribution < -0.4 is 0 Å². The molecule has 2 fully saturated rings. The molecule has 4 rings (SSSR count). The Morgan fingerprint density at radius 2 is 1.43 bits per heavy atom. The summed E-state index contributed by atoms with van der Waals surface area (Å²) in [6.45, 7) is 0. The van der Waals surface area contributed by atoms with E-state index in [9.17, 15) is 0 Å². The van der Waals surface area contributed by atoms with E-state index in [1.54, 1.807) is 0 Å². The van der Waals surface area contributed by atoms with Gasteiger partial charge in [0.25, 0.3) is 0 Å². The monoisotopic (exact) mass is 278 g/mol. The molecule has 0 N–H and O–H groups in total. The Labute approximate surface area is 127 Å². The molecular weight excluding hydrogens is 256 g/mol. The summed E-state index contributed by atoms with van der Waals surface area (Å²) >= 11 is 0. The Bertz CT molecular complexity index is 592. The number of rotatable bonds is 2. The fourth-order valence-corrected chi connectivity index (χ4v) is 4.32. The van der Waals surface area contributed by atoms with Crippen LogP contribution in [-0.4, -0.2) is 5.60 Å². The maximum atomic E-state index is 6.66. The van der Waals surface area contributed by atoms with Crippen molar-refractivity contribution < 1.29 is 4.74 Å². The summed E-state index contributed by atoms with van der Waals surface area (Å²) in [6, 6.07) is 21.7. The third-order valence-electron chi connectivity index (χ3n) is 5.31. The normalized spacial score (nSPS) is 31.8. The molecule has 3 atom stereocenters. The average Bonchev–Trinajstić information content (AvgIpc) is 3.17. The van der Waals surface area contributed by atoms with Crippen LogP contribution >= 0.6 is 0 Å². The second kappa shape index (κ2) is 5.31. The molecule has 1 heteroatoms. The molecule has 1 heterocycles. The zero-order valence-electron chi connectivity index (χ0n) is 12.4. The van der Waals surface area contributed by atoms with Crippen LogP contribution in [0.3, 0.4) is 0 Å². The van der Waals surface area contributed by atoms with Crippen LogP contribution in [0.5, 0.6) is 0 Å². The zero-order chi connectivity index (χ0) is 14.1. The summed E-state index contributed by atoms with van der Waals surface area (Å²) in [6.07, 6.45) is 6.43. The van der Waals surface area contributed by atoms with Gasteiger partial charge in [-0.15, -0.1) is 0 Å². The van der Waals surface area contributed by atoms with E-state index < -0.39 is 0 Å². The number of benzene rings is 2. The van der Waals surface area contributed by atoms with Crippen molar-refractivity contribution in [2.75, 3.05) is 0 Å². The maximum absolute atomic E-state index is 6.66. The van der Waals surface area contributed by atoms with Gasteiger partial charge in [0.15, 0.2) is 0 Å². The molecule has 1 saturated carbocycles. The second-order valence-electron chi connectivity index (χ2n) is 6.48. The van der Waals surface area contributed by atoms with E-state index in [1.807, 2.05) is 0 Å². The predicted molar refractivity (Wildman–Crippen MR) is 85.3 cm³/mol. The summed E-state index contributed by atoms with van der Waals surface area (Å²) < 4.78 is 6.66. The first-order chi connectivity index (χ1) is 10.4. The van der Waals surface area contributed by atoms with Gasteiger partial charge in [0.05, 0.1) is 11.7 Å². The SMILES string of the molecule is c1ccc(C2CCC3(CCCC3c3ccccc3)O2)cc1. The number of ether oxygens (including phenoxy) is 1. The van der Waals surface area contributed by atoms with E-state index in [0.29, 0.717) is 5.92 Å². The van der Waals surface area contributed by atoms with Crippen LogP contribution in [0.15, 0.2) is 60.7 Å². The van der Waals surface area contributed by atoms with Gasteiger partial charge < -0.3 is 4.74 Å². The van der Waals surface area contributed by atoms with Crippen molar-refractivity contribution in [2.24, 2.45) is 0 Å². The zero-order valence-corrected chi connectivity index (χ0v) is 12.4. The second-order valence-corrected chi connectivity index (χ2v) is 6.48. The fraction of sp³-hybridized carbons (Fsp3) is 0.400. The lowest BCUT2D eigenvalue weighted by molar-refractivity contribution is -0.0490. The minimum Gasteiger partial charge on any atom is -0.366 e. The Morgan fingerprint density at radius 1 is 0.762 bits per heavy atom. The summed E-state index contributed by atoms with van der Waals surface area (Å²) in [4.78, 5) is 0. The van der Waals surface area contributed by atoms with Crippen molar-refractivity contribution in [3.63, 3.8) is 0 Å². The Kier molecular flexibility index (Phi) is 3.31. The van der Waals surface area contributed by atoms with Crippen molar-refractivity contribution in [3.8, 4) is 0 Å². The van der Waals surface area contributed by atoms with Crippen LogP contribution in [0.2, 0.25) is 0 Å². The van der Waals surface area contributed by atoms with Gasteiger partial charge in [-0.3, -0.25) is 0 Å². The highest BCUT2D eigenvalue weighted by molar-refractivity contribution is 5.27. The molecule has 21 heavy (non-hydrogen) atoms. The van der Waals surface area contributed by atoms with E-state index in [4.69, 9.17) is 4.74 Å². The van der Waals surface area contributed by atoms with Crippen LogP contribution in [0.1, 0.15) is 55.3 Å². The molecule has 1 aliphatic carbocycles. The summed E-state index contributed by atoms with van der Waals surface area (Å²) in [7, 11) is 0. The summed E-state index contributed by atoms with van der Waals surface area (Å²) in [5.74, 6) is 0.576. The molecule has 3 unspecified atom stereocenters. The van der Waals surface area contributed by atoms with Gasteiger partial charge >= 0.3 is 0 Å². The van der Waals surface area contributed by atoms with Crippen molar-refractivity contribution in [1.82, 2.24) is 0 Å². The minimum atomic E-state index is 0.0852. The molecule has 0 aromatic heterocycles. The lowest BCUT2D eigenvalue weighted by Crippen LogP contribution is -2.31. The van der Waals surface area contributed by atoms with Crippen molar-refractivity contribution in [1.29, 1.82) is 0 Å². The van der Waals surface area contributed by atoms with E-state index in [-0.39, 0.29) is 11.7 Å². The topological polar surface area (TPSA) is 9.23 Å². The Morgan fingerprint density at radius 3 is 2.14 bits per heavy atom. The highest BCUT2D eigenvalue weighted by Crippen LogP contribution is 2.55. The first kappa shape index (κ1) is 13.1. The number of hydrogen-bond donors (Lipinski definition) is 0. The summed E-state index contributed by atoms with van der Waals surface area (Å²) in [5, 5.41) is 0. The first-order valence-electron chi connectivity index (χ1n) is 8.15. The fourth-order valence-electron chi connectivity index (χ4n) is 4.32. The molecule has 1 saturated heterocycles. The molecule has 0 radical (unpaired) electrons. The largest absolute Gasteiger partial charge is 0.366 e. The van der Waals surface area contributed by atoms with E-state index in [2.05, 4.69) is 60.7 Å². The third-order valence-corrected chi connectivity index (χ3v) is 5.31. The standard InChI is InChI=1S/C20H22O/c1-3-8-16(9-4-1)18-12-7-14-20(18)15-13-19(21-20)17-10-5-2-6-11-17/h1-6,8-11,18-19H,7,12-15H2. The molecule has 108 valence electrons. The van der Waals surface area contributed by atoms with Crippen LogP contribution in [-0.2, 0) is 4.74 Å². The minimum absolute atomic E-state index is 0.0852. The van der Waals surface area contributed by atoms with Crippen LogP contribution in [0.4, 0.5) is 0 Å². The summed E-state index contributed by atoms with van der Waals surface area (Å²) in [5.41, 5.74) is 2.89. The van der Waals surface area contributed by atoms with Gasteiger partial charge in [0.1, 0.15) is 0 Å². The average molecular weight is 278 g/mol. The lowest BCUT2D eigenvalue weighted by atomic mass is 9.83. The van der Waals surface area contributed by atoms with Crippen LogP contribution in [0, 0.1) is 0 Å². The molecular formula is C20H22O. The van der Waals surface area contributed by atoms with E-state index in [1.165, 1.54) is 36.8 Å². The predicted octanol–water partition coefficient (Wildman–Crippen LogP) is 5.24. The van der Waals surface area contributed by atoms with Crippen molar-refractivity contribution >= 4 is 0 Å². The van der Waals surface area contributed by atoms with Crippen LogP contribution in [0.25, 0.3) is 0 Å². The van der Waals surface area contributed by atoms with Gasteiger partial charge in [-0.05, 0) is 43.2 Å². The molecule has 1 aliphatic heterocycles. The molecule has 1 spiro atoms. The molecule has 1 nitrogen and oxygen atoms in total. The van der Waals surface area contributed by atoms with Crippen molar-refractivity contribution in [2.45, 2.75) is 49.7 Å². The Balaban J connectivity index is 1.60. The van der Waals surface area contributed by atoms with Crippen molar-refractivity contribution in [3.05, 3.63) is 71.8 Å². The van der Waals surface area contributed by atoms with Gasteiger partial charge in [0.2, 0.25) is 0 Å². The Hall–Kier alpha value is -1.60.